The molecule has 1 spiro atoms. The summed E-state index contributed by atoms with van der Waals surface area (Å²) in [6, 6.07) is 11.3. The second-order valence-corrected chi connectivity index (χ2v) is 10.0. The second-order valence-electron chi connectivity index (χ2n) is 10.0. The number of rotatable bonds is 1. The van der Waals surface area contributed by atoms with Crippen molar-refractivity contribution >= 4 is 22.5 Å². The van der Waals surface area contributed by atoms with Crippen LogP contribution in [0.2, 0.25) is 0 Å². The summed E-state index contributed by atoms with van der Waals surface area (Å²) in [5, 5.41) is 27.2. The maximum atomic E-state index is 12.6. The van der Waals surface area contributed by atoms with Gasteiger partial charge in [0.1, 0.15) is 0 Å². The predicted octanol–water partition coefficient (Wildman–Crippen LogP) is 2.82. The molecule has 3 N–H and O–H groups in total. The minimum absolute atomic E-state index is 0.0988. The number of aromatic hydroxyl groups is 1. The zero-order valence-corrected chi connectivity index (χ0v) is 18.6. The van der Waals surface area contributed by atoms with Gasteiger partial charge in [-0.05, 0) is 44.1 Å². The first-order chi connectivity index (χ1) is 15.8. The van der Waals surface area contributed by atoms with Crippen LogP contribution in [0.15, 0.2) is 36.4 Å². The molecule has 2 bridgehead atoms. The molecule has 2 aliphatic carbocycles. The van der Waals surface area contributed by atoms with Gasteiger partial charge in [-0.2, -0.15) is 0 Å². The van der Waals surface area contributed by atoms with Crippen LogP contribution >= 0.6 is 0 Å². The van der Waals surface area contributed by atoms with Gasteiger partial charge in [0.15, 0.2) is 17.6 Å². The maximum absolute atomic E-state index is 12.6. The number of aliphatic hydroxyl groups is 1. The van der Waals surface area contributed by atoms with Gasteiger partial charge in [-0.15, -0.1) is 0 Å². The molecule has 4 aliphatic rings. The molecule has 2 unspecified atom stereocenters. The number of phenolic OH excluding ortho intramolecular Hbond substituents is 1. The van der Waals surface area contributed by atoms with Crippen molar-refractivity contribution in [3.63, 3.8) is 0 Å². The number of pyridine rings is 1. The summed E-state index contributed by atoms with van der Waals surface area (Å²) >= 11 is 0. The lowest BCUT2D eigenvalue weighted by Gasteiger charge is -2.62. The van der Waals surface area contributed by atoms with Crippen molar-refractivity contribution in [2.45, 2.75) is 49.3 Å². The SMILES string of the molecule is CC(=O)Nc1c2c(nc3ccccc13)C1Oc3c(O)ccc4c3[C@@]13CCN(C)[C@@H](C4)C3(O)C2. The number of likely N-dealkylation sites (N-methyl/N-ethyl adjacent to an activating group) is 1. The number of likely N-dealkylation sites (tertiary alicyclic amines) is 1. The summed E-state index contributed by atoms with van der Waals surface area (Å²) in [5.41, 5.74) is 3.28. The van der Waals surface area contributed by atoms with Crippen LogP contribution in [0.4, 0.5) is 5.69 Å². The van der Waals surface area contributed by atoms with E-state index in [1.807, 2.05) is 30.3 Å². The van der Waals surface area contributed by atoms with Gasteiger partial charge in [-0.25, -0.2) is 4.98 Å². The van der Waals surface area contributed by atoms with Crippen LogP contribution in [0.25, 0.3) is 10.9 Å². The molecule has 7 heteroatoms. The Kier molecular flexibility index (Phi) is 3.54. The van der Waals surface area contributed by atoms with Crippen molar-refractivity contribution in [3.8, 4) is 11.5 Å². The number of amides is 1. The summed E-state index contributed by atoms with van der Waals surface area (Å²) in [7, 11) is 2.06. The van der Waals surface area contributed by atoms with Crippen molar-refractivity contribution in [1.29, 1.82) is 0 Å². The fraction of sp³-hybridized carbons (Fsp3) is 0.385. The number of phenols is 1. The Balaban J connectivity index is 1.59. The molecule has 33 heavy (non-hydrogen) atoms. The van der Waals surface area contributed by atoms with E-state index in [-0.39, 0.29) is 17.7 Å². The number of hydrogen-bond donors (Lipinski definition) is 3. The number of benzene rings is 2. The zero-order valence-electron chi connectivity index (χ0n) is 18.6. The molecule has 1 fully saturated rings. The van der Waals surface area contributed by atoms with Gasteiger partial charge in [0, 0.05) is 35.9 Å². The summed E-state index contributed by atoms with van der Waals surface area (Å²) in [6.07, 6.45) is 1.20. The lowest BCUT2D eigenvalue weighted by Crippen LogP contribution is -2.74. The van der Waals surface area contributed by atoms with E-state index in [9.17, 15) is 15.0 Å². The lowest BCUT2D eigenvalue weighted by molar-refractivity contribution is -0.167. The highest BCUT2D eigenvalue weighted by Crippen LogP contribution is 2.68. The molecule has 0 radical (unpaired) electrons. The largest absolute Gasteiger partial charge is 0.504 e. The first-order valence-corrected chi connectivity index (χ1v) is 11.5. The van der Waals surface area contributed by atoms with Crippen molar-refractivity contribution in [3.05, 3.63) is 58.8 Å². The van der Waals surface area contributed by atoms with Crippen LogP contribution in [0, 0.1) is 0 Å². The Labute approximate surface area is 191 Å². The number of aromatic nitrogens is 1. The van der Waals surface area contributed by atoms with Crippen LogP contribution in [-0.4, -0.2) is 51.2 Å². The topological polar surface area (TPSA) is 94.9 Å². The first kappa shape index (κ1) is 19.3. The molecule has 1 aromatic heterocycles. The highest BCUT2D eigenvalue weighted by atomic mass is 16.5. The van der Waals surface area contributed by atoms with Gasteiger partial charge < -0.3 is 25.2 Å². The number of para-hydroxylation sites is 1. The van der Waals surface area contributed by atoms with Gasteiger partial charge >= 0.3 is 0 Å². The van der Waals surface area contributed by atoms with Gasteiger partial charge in [0.2, 0.25) is 5.91 Å². The summed E-state index contributed by atoms with van der Waals surface area (Å²) in [4.78, 5) is 19.5. The van der Waals surface area contributed by atoms with Crippen LogP contribution in [0.1, 0.15) is 41.8 Å². The fourth-order valence-corrected chi connectivity index (χ4v) is 7.18. The first-order valence-electron chi connectivity index (χ1n) is 11.5. The van der Waals surface area contributed by atoms with E-state index >= 15 is 0 Å². The van der Waals surface area contributed by atoms with E-state index in [0.717, 1.165) is 39.8 Å². The Hall–Kier alpha value is -3.16. The normalized spacial score (nSPS) is 31.0. The molecule has 2 aromatic carbocycles. The minimum atomic E-state index is -1.12. The smallest absolute Gasteiger partial charge is 0.221 e. The molecule has 0 saturated carbocycles. The van der Waals surface area contributed by atoms with Gasteiger partial charge in [0.05, 0.1) is 27.9 Å². The molecule has 1 amide bonds. The minimum Gasteiger partial charge on any atom is -0.504 e. The van der Waals surface area contributed by atoms with Crippen molar-refractivity contribution in [2.24, 2.45) is 0 Å². The Morgan fingerprint density at radius 2 is 2.09 bits per heavy atom. The third kappa shape index (κ3) is 2.13. The number of hydrogen-bond acceptors (Lipinski definition) is 6. The Morgan fingerprint density at radius 1 is 1.27 bits per heavy atom. The van der Waals surface area contributed by atoms with Crippen LogP contribution in [0.3, 0.4) is 0 Å². The number of carbonyl (C=O) groups excluding carboxylic acids is 1. The Morgan fingerprint density at radius 3 is 2.91 bits per heavy atom. The number of ether oxygens (including phenoxy) is 1. The van der Waals surface area contributed by atoms with E-state index in [2.05, 4.69) is 17.3 Å². The highest BCUT2D eigenvalue weighted by Gasteiger charge is 2.72. The standard InChI is InChI=1S/C26H25N3O4/c1-13(30)27-21-15-5-3-4-6-17(15)28-22-16(21)12-26(32)19-11-14-7-8-18(31)23-20(14)25(26,24(22)33-23)9-10-29(19)2/h3-8,19,24,31-32H,9-12H2,1-2H3,(H,27,28,30)/t19-,24?,25-,26?/m0/s1. The van der Waals surface area contributed by atoms with Crippen molar-refractivity contribution in [2.75, 3.05) is 18.9 Å². The van der Waals surface area contributed by atoms with Crippen LogP contribution in [-0.2, 0) is 23.1 Å². The van der Waals surface area contributed by atoms with Gasteiger partial charge in [-0.3, -0.25) is 4.79 Å². The number of nitrogens with one attached hydrogen (secondary N) is 1. The van der Waals surface area contributed by atoms with Crippen LogP contribution in [0.5, 0.6) is 11.5 Å². The Bertz CT molecular complexity index is 1390. The third-order valence-electron chi connectivity index (χ3n) is 8.50. The molecule has 3 aromatic rings. The third-order valence-corrected chi connectivity index (χ3v) is 8.50. The average Bonchev–Trinajstić information content (AvgIpc) is 3.14. The highest BCUT2D eigenvalue weighted by molar-refractivity contribution is 6.02. The quantitative estimate of drug-likeness (QED) is 0.536. The number of piperidine rings is 1. The maximum Gasteiger partial charge on any atom is 0.221 e. The van der Waals surface area contributed by atoms with Gasteiger partial charge in [-0.1, -0.05) is 24.3 Å². The molecular formula is C26H25N3O4. The predicted molar refractivity (Wildman–Crippen MR) is 123 cm³/mol. The van der Waals surface area contributed by atoms with Crippen molar-refractivity contribution in [1.82, 2.24) is 9.88 Å². The molecule has 1 saturated heterocycles. The summed E-state index contributed by atoms with van der Waals surface area (Å²) in [6.45, 7) is 2.32. The lowest BCUT2D eigenvalue weighted by atomic mass is 9.49. The summed E-state index contributed by atoms with van der Waals surface area (Å²) in [5.74, 6) is 0.404. The average molecular weight is 444 g/mol. The molecule has 3 heterocycles. The molecular weight excluding hydrogens is 418 g/mol. The monoisotopic (exact) mass is 443 g/mol. The van der Waals surface area contributed by atoms with Crippen molar-refractivity contribution < 1.29 is 19.7 Å². The number of carbonyl (C=O) groups is 1. The van der Waals surface area contributed by atoms with E-state index in [0.29, 0.717) is 30.7 Å². The summed E-state index contributed by atoms with van der Waals surface area (Å²) < 4.78 is 6.54. The molecule has 2 aliphatic heterocycles. The number of anilines is 1. The van der Waals surface area contributed by atoms with E-state index in [1.165, 1.54) is 6.92 Å². The van der Waals surface area contributed by atoms with E-state index < -0.39 is 17.1 Å². The molecule has 168 valence electrons. The van der Waals surface area contributed by atoms with Crippen LogP contribution < -0.4 is 10.1 Å². The number of fused-ring (bicyclic) bond motifs is 3. The second kappa shape index (κ2) is 6.04. The number of nitrogens with zero attached hydrogens (tertiary/aromatic N) is 2. The van der Waals surface area contributed by atoms with Gasteiger partial charge in [0.25, 0.3) is 0 Å². The zero-order chi connectivity index (χ0) is 22.7. The molecule has 7 nitrogen and oxygen atoms in total. The van der Waals surface area contributed by atoms with E-state index in [1.54, 1.807) is 6.07 Å². The fourth-order valence-electron chi connectivity index (χ4n) is 7.18. The molecule has 4 atom stereocenters. The molecule has 7 rings (SSSR count). The van der Waals surface area contributed by atoms with E-state index in [4.69, 9.17) is 9.72 Å².